The largest absolute Gasteiger partial charge is 0.417 e. The lowest BCUT2D eigenvalue weighted by Crippen LogP contribution is -2.10. The number of aromatic nitrogens is 4. The van der Waals surface area contributed by atoms with E-state index in [0.29, 0.717) is 0 Å². The van der Waals surface area contributed by atoms with Crippen LogP contribution in [0.4, 0.5) is 26.3 Å². The molecule has 3 aromatic heterocycles. The molecule has 0 aliphatic rings. The van der Waals surface area contributed by atoms with Gasteiger partial charge in [0.05, 0.1) is 33.8 Å². The molecule has 0 saturated carbocycles. The third-order valence-electron chi connectivity index (χ3n) is 4.24. The first-order valence-corrected chi connectivity index (χ1v) is 11.4. The highest BCUT2D eigenvalue weighted by molar-refractivity contribution is 7.98. The summed E-state index contributed by atoms with van der Waals surface area (Å²) in [5.74, 6) is -0.120. The summed E-state index contributed by atoms with van der Waals surface area (Å²) in [4.78, 5) is 12.0. The second-order valence-electron chi connectivity index (χ2n) is 6.88. The summed E-state index contributed by atoms with van der Waals surface area (Å²) in [7, 11) is 0. The molecule has 35 heavy (non-hydrogen) atoms. The number of rotatable bonds is 6. The van der Waals surface area contributed by atoms with E-state index in [0.717, 1.165) is 35.7 Å². The number of nitrogens with zero attached hydrogens (tertiary/aromatic N) is 6. The third kappa shape index (κ3) is 6.23. The van der Waals surface area contributed by atoms with Crippen molar-refractivity contribution in [2.75, 3.05) is 0 Å². The zero-order chi connectivity index (χ0) is 26.0. The minimum atomic E-state index is -4.74. The van der Waals surface area contributed by atoms with Gasteiger partial charge in [-0.15, -0.1) is 0 Å². The van der Waals surface area contributed by atoms with Crippen LogP contribution in [-0.4, -0.2) is 20.1 Å². The Morgan fingerprint density at radius 3 is 1.69 bits per heavy atom. The van der Waals surface area contributed by atoms with Crippen molar-refractivity contribution >= 4 is 23.5 Å². The van der Waals surface area contributed by atoms with Gasteiger partial charge in [-0.2, -0.15) is 41.9 Å². The van der Waals surface area contributed by atoms with Crippen LogP contribution in [0.15, 0.2) is 26.7 Å². The van der Waals surface area contributed by atoms with Gasteiger partial charge in [0.2, 0.25) is 5.89 Å². The van der Waals surface area contributed by atoms with Crippen LogP contribution in [0.5, 0.6) is 0 Å². The van der Waals surface area contributed by atoms with Gasteiger partial charge in [-0.05, 0) is 26.0 Å². The fourth-order valence-corrected chi connectivity index (χ4v) is 4.61. The highest BCUT2D eigenvalue weighted by Crippen LogP contribution is 2.38. The summed E-state index contributed by atoms with van der Waals surface area (Å²) >= 11 is 1.60. The normalized spacial score (nSPS) is 11.8. The van der Waals surface area contributed by atoms with Gasteiger partial charge < -0.3 is 4.52 Å². The first-order chi connectivity index (χ1) is 16.3. The number of halogens is 6. The quantitative estimate of drug-likeness (QED) is 0.286. The number of hydrogen-bond donors (Lipinski definition) is 0. The SMILES string of the molecule is Cc1cc(C(F)(F)F)c(C#N)c(SCc2noc(CSc3nc(C)cc(C(F)(F)F)c3C#N)n2)n1. The summed E-state index contributed by atoms with van der Waals surface area (Å²) in [6, 6.07) is 4.61. The maximum absolute atomic E-state index is 13.2. The molecular weight excluding hydrogens is 518 g/mol. The fraction of sp³-hybridized carbons (Fsp3) is 0.300. The number of aryl methyl sites for hydroxylation is 2. The first kappa shape index (κ1) is 26.3. The molecule has 0 aliphatic carbocycles. The fourth-order valence-electron chi connectivity index (χ4n) is 2.83. The molecule has 0 atom stereocenters. The lowest BCUT2D eigenvalue weighted by molar-refractivity contribution is -0.138. The minimum absolute atomic E-state index is 0.0000400. The molecule has 3 heterocycles. The number of pyridine rings is 2. The lowest BCUT2D eigenvalue weighted by atomic mass is 10.1. The number of alkyl halides is 6. The molecule has 0 bridgehead atoms. The Labute approximate surface area is 202 Å². The zero-order valence-electron chi connectivity index (χ0n) is 17.7. The number of nitriles is 2. The summed E-state index contributed by atoms with van der Waals surface area (Å²) in [5, 5.41) is 21.8. The van der Waals surface area contributed by atoms with Crippen molar-refractivity contribution in [2.24, 2.45) is 0 Å². The van der Waals surface area contributed by atoms with Crippen molar-refractivity contribution < 1.29 is 30.9 Å². The number of hydrogen-bond acceptors (Lipinski definition) is 9. The molecule has 15 heteroatoms. The van der Waals surface area contributed by atoms with Crippen LogP contribution in [0, 0.1) is 36.5 Å². The summed E-state index contributed by atoms with van der Waals surface area (Å²) in [5.41, 5.74) is -3.31. The van der Waals surface area contributed by atoms with Crippen molar-refractivity contribution in [1.29, 1.82) is 10.5 Å². The second kappa shape index (κ2) is 10.1. The van der Waals surface area contributed by atoms with Crippen molar-refractivity contribution in [1.82, 2.24) is 20.1 Å². The molecular formula is C20H12F6N6OS2. The molecule has 0 spiro atoms. The van der Waals surface area contributed by atoms with Gasteiger partial charge in [0.25, 0.3) is 0 Å². The highest BCUT2D eigenvalue weighted by atomic mass is 32.2. The summed E-state index contributed by atoms with van der Waals surface area (Å²) in [6.07, 6.45) is -9.47. The Morgan fingerprint density at radius 1 is 0.800 bits per heavy atom. The predicted molar refractivity (Wildman–Crippen MR) is 111 cm³/mol. The Morgan fingerprint density at radius 2 is 1.26 bits per heavy atom. The van der Waals surface area contributed by atoms with Crippen LogP contribution in [-0.2, 0) is 23.9 Å². The molecule has 0 unspecified atom stereocenters. The van der Waals surface area contributed by atoms with E-state index < -0.39 is 34.6 Å². The Kier molecular flexibility index (Phi) is 7.62. The molecule has 0 amide bonds. The average molecular weight is 530 g/mol. The highest BCUT2D eigenvalue weighted by Gasteiger charge is 2.36. The molecule has 0 aliphatic heterocycles. The van der Waals surface area contributed by atoms with E-state index in [2.05, 4.69) is 20.1 Å². The van der Waals surface area contributed by atoms with Crippen LogP contribution in [0.2, 0.25) is 0 Å². The molecule has 0 fully saturated rings. The van der Waals surface area contributed by atoms with Crippen LogP contribution in [0.3, 0.4) is 0 Å². The van der Waals surface area contributed by atoms with E-state index in [1.54, 1.807) is 0 Å². The van der Waals surface area contributed by atoms with Crippen molar-refractivity contribution in [3.63, 3.8) is 0 Å². The average Bonchev–Trinajstić information content (AvgIpc) is 3.22. The molecule has 7 nitrogen and oxygen atoms in total. The molecule has 0 aromatic carbocycles. The lowest BCUT2D eigenvalue weighted by Gasteiger charge is -2.12. The smallest absolute Gasteiger partial charge is 0.338 e. The monoisotopic (exact) mass is 530 g/mol. The van der Waals surface area contributed by atoms with Crippen molar-refractivity contribution in [3.05, 3.63) is 57.5 Å². The standard InChI is InChI=1S/C20H12F6N6OS2/c1-9-3-13(19(21,22)23)11(5-27)17(29-9)34-7-15-31-16(33-32-15)8-35-18-12(6-28)14(20(24,25)26)4-10(2)30-18/h3-4H,7-8H2,1-2H3. The zero-order valence-corrected chi connectivity index (χ0v) is 19.4. The van der Waals surface area contributed by atoms with E-state index in [1.807, 2.05) is 0 Å². The van der Waals surface area contributed by atoms with Gasteiger partial charge in [0, 0.05) is 11.4 Å². The Bertz CT molecular complexity index is 1240. The van der Waals surface area contributed by atoms with Crippen molar-refractivity contribution in [3.8, 4) is 12.1 Å². The first-order valence-electron chi connectivity index (χ1n) is 9.38. The van der Waals surface area contributed by atoms with Gasteiger partial charge in [0.1, 0.15) is 22.2 Å². The maximum atomic E-state index is 13.2. The second-order valence-corrected chi connectivity index (χ2v) is 8.81. The van der Waals surface area contributed by atoms with Gasteiger partial charge >= 0.3 is 12.4 Å². The Hall–Kier alpha value is -3.30. The summed E-state index contributed by atoms with van der Waals surface area (Å²) < 4.78 is 84.5. The molecule has 3 aromatic rings. The molecule has 182 valence electrons. The Balaban J connectivity index is 1.75. The molecule has 3 rings (SSSR count). The van der Waals surface area contributed by atoms with Gasteiger partial charge in [-0.1, -0.05) is 28.7 Å². The van der Waals surface area contributed by atoms with Gasteiger partial charge in [-0.3, -0.25) is 0 Å². The van der Waals surface area contributed by atoms with Gasteiger partial charge in [0.15, 0.2) is 5.82 Å². The van der Waals surface area contributed by atoms with Crippen molar-refractivity contribution in [2.45, 2.75) is 47.8 Å². The van der Waals surface area contributed by atoms with Crippen LogP contribution >= 0.6 is 23.5 Å². The predicted octanol–water partition coefficient (Wildman–Crippen LogP) is 5.84. The minimum Gasteiger partial charge on any atom is -0.338 e. The van der Waals surface area contributed by atoms with Crippen LogP contribution in [0.1, 0.15) is 45.4 Å². The van der Waals surface area contributed by atoms with E-state index in [1.165, 1.54) is 26.0 Å². The van der Waals surface area contributed by atoms with E-state index in [4.69, 9.17) is 4.52 Å². The van der Waals surface area contributed by atoms with E-state index >= 15 is 0 Å². The van der Waals surface area contributed by atoms with E-state index in [9.17, 15) is 36.9 Å². The summed E-state index contributed by atoms with van der Waals surface area (Å²) in [6.45, 7) is 2.73. The topological polar surface area (TPSA) is 112 Å². The maximum Gasteiger partial charge on any atom is 0.417 e. The number of thioether (sulfide) groups is 2. The molecule has 0 saturated heterocycles. The van der Waals surface area contributed by atoms with Gasteiger partial charge in [-0.25, -0.2) is 9.97 Å². The van der Waals surface area contributed by atoms with Crippen LogP contribution < -0.4 is 0 Å². The third-order valence-corrected chi connectivity index (χ3v) is 6.18. The molecule has 0 radical (unpaired) electrons. The van der Waals surface area contributed by atoms with Crippen LogP contribution in [0.25, 0.3) is 0 Å². The molecule has 0 N–H and O–H groups in total. The van der Waals surface area contributed by atoms with E-state index in [-0.39, 0.29) is 44.7 Å².